The Kier molecular flexibility index (Phi) is 10.2. The van der Waals surface area contributed by atoms with E-state index in [0.29, 0.717) is 4.90 Å². The maximum absolute atomic E-state index is 14.7. The first-order valence-corrected chi connectivity index (χ1v) is 14.8. The Morgan fingerprint density at radius 2 is 1.65 bits per heavy atom. The molecule has 1 aromatic carbocycles. The van der Waals surface area contributed by atoms with Crippen molar-refractivity contribution in [3.8, 4) is 0 Å². The van der Waals surface area contributed by atoms with Crippen LogP contribution in [0.2, 0.25) is 0 Å². The summed E-state index contributed by atoms with van der Waals surface area (Å²) in [7, 11) is -3.09. The molecule has 0 spiro atoms. The smallest absolute Gasteiger partial charge is 0.411 e. The molecular weight excluding hydrogens is 492 g/mol. The highest BCUT2D eigenvalue weighted by atomic mass is 32.2. The number of rotatable bonds is 8. The van der Waals surface area contributed by atoms with Crippen LogP contribution in [-0.4, -0.2) is 79.8 Å². The van der Waals surface area contributed by atoms with E-state index in [1.54, 1.807) is 32.9 Å². The van der Waals surface area contributed by atoms with Crippen LogP contribution in [0.15, 0.2) is 33.5 Å². The second kappa shape index (κ2) is 12.0. The molecule has 0 saturated carbocycles. The SMILES string of the molecule is Cc1ccc(S(=O)(C[C@@H]2[C@@H](C)[C@@H](O)[C@H](COC(C)(C)C)N2C(=O)OC(C)(C)C)=N[C@H](CO)C(C)C)cc1. The van der Waals surface area contributed by atoms with Gasteiger partial charge in [-0.3, -0.25) is 4.90 Å². The summed E-state index contributed by atoms with van der Waals surface area (Å²) in [6.07, 6.45) is -1.49. The molecule has 2 N–H and O–H groups in total. The van der Waals surface area contributed by atoms with Crippen molar-refractivity contribution in [1.82, 2.24) is 4.90 Å². The molecule has 1 fully saturated rings. The number of carbonyl (C=O) groups excluding carboxylic acids is 1. The van der Waals surface area contributed by atoms with Gasteiger partial charge in [0.2, 0.25) is 0 Å². The van der Waals surface area contributed by atoms with Crippen molar-refractivity contribution in [3.63, 3.8) is 0 Å². The Labute approximate surface area is 223 Å². The third-order valence-corrected chi connectivity index (χ3v) is 9.01. The molecule has 0 aliphatic carbocycles. The number of aliphatic hydroxyl groups is 2. The lowest BCUT2D eigenvalue weighted by atomic mass is 9.99. The van der Waals surface area contributed by atoms with Crippen LogP contribution < -0.4 is 0 Å². The summed E-state index contributed by atoms with van der Waals surface area (Å²) in [5.41, 5.74) is -0.208. The van der Waals surface area contributed by atoms with Gasteiger partial charge in [0.25, 0.3) is 0 Å². The summed E-state index contributed by atoms with van der Waals surface area (Å²) < 4.78 is 31.1. The predicted molar refractivity (Wildman–Crippen MR) is 147 cm³/mol. The molecule has 1 aliphatic rings. The third kappa shape index (κ3) is 8.40. The number of carbonyl (C=O) groups is 1. The minimum absolute atomic E-state index is 0.00275. The molecule has 1 aliphatic heterocycles. The molecule has 0 radical (unpaired) electrons. The van der Waals surface area contributed by atoms with Crippen LogP contribution in [0.1, 0.15) is 67.9 Å². The summed E-state index contributed by atoms with van der Waals surface area (Å²) in [4.78, 5) is 15.6. The maximum atomic E-state index is 14.7. The molecular formula is C28H48N2O6S. The number of amides is 1. The first-order chi connectivity index (χ1) is 16.9. The van der Waals surface area contributed by atoms with Gasteiger partial charge in [0, 0.05) is 10.8 Å². The summed E-state index contributed by atoms with van der Waals surface area (Å²) in [6.45, 7) is 18.6. The molecule has 9 heteroatoms. The molecule has 0 aromatic heterocycles. The number of benzene rings is 1. The fourth-order valence-electron chi connectivity index (χ4n) is 4.34. The maximum Gasteiger partial charge on any atom is 0.411 e. The van der Waals surface area contributed by atoms with Crippen molar-refractivity contribution < 1.29 is 28.7 Å². The molecule has 6 atom stereocenters. The van der Waals surface area contributed by atoms with Gasteiger partial charge in [-0.1, -0.05) is 38.5 Å². The largest absolute Gasteiger partial charge is 0.444 e. The molecule has 212 valence electrons. The lowest BCUT2D eigenvalue weighted by molar-refractivity contribution is -0.0545. The van der Waals surface area contributed by atoms with Crippen LogP contribution >= 0.6 is 0 Å². The number of aryl methyl sites for hydroxylation is 1. The zero-order valence-corrected chi connectivity index (χ0v) is 25.0. The highest BCUT2D eigenvalue weighted by Crippen LogP contribution is 2.35. The molecule has 37 heavy (non-hydrogen) atoms. The average Bonchev–Trinajstić information content (AvgIpc) is 2.99. The van der Waals surface area contributed by atoms with Gasteiger partial charge in [-0.15, -0.1) is 0 Å². The predicted octanol–water partition coefficient (Wildman–Crippen LogP) is 4.64. The van der Waals surface area contributed by atoms with Crippen molar-refractivity contribution >= 4 is 15.8 Å². The van der Waals surface area contributed by atoms with E-state index in [-0.39, 0.29) is 24.9 Å². The monoisotopic (exact) mass is 540 g/mol. The first kappa shape index (κ1) is 31.5. The van der Waals surface area contributed by atoms with Crippen molar-refractivity contribution in [1.29, 1.82) is 0 Å². The van der Waals surface area contributed by atoms with Gasteiger partial charge in [0.15, 0.2) is 0 Å². The number of likely N-dealkylation sites (tertiary alicyclic amines) is 1. The fourth-order valence-corrected chi connectivity index (χ4v) is 6.98. The van der Waals surface area contributed by atoms with Crippen molar-refractivity contribution in [2.75, 3.05) is 19.0 Å². The fraction of sp³-hybridized carbons (Fsp3) is 0.750. The number of ether oxygens (including phenoxy) is 2. The van der Waals surface area contributed by atoms with E-state index in [4.69, 9.17) is 13.8 Å². The molecule has 0 bridgehead atoms. The van der Waals surface area contributed by atoms with E-state index >= 15 is 0 Å². The summed E-state index contributed by atoms with van der Waals surface area (Å²) in [6, 6.07) is 5.52. The van der Waals surface area contributed by atoms with Crippen LogP contribution in [-0.2, 0) is 19.2 Å². The molecule has 1 unspecified atom stereocenters. The Morgan fingerprint density at radius 1 is 1.08 bits per heavy atom. The number of nitrogens with zero attached hydrogens (tertiary/aromatic N) is 2. The van der Waals surface area contributed by atoms with Crippen LogP contribution in [0.25, 0.3) is 0 Å². The summed E-state index contributed by atoms with van der Waals surface area (Å²) in [5, 5.41) is 21.3. The molecule has 1 amide bonds. The Balaban J connectivity index is 2.62. The quantitative estimate of drug-likeness (QED) is 0.497. The third-order valence-electron chi connectivity index (χ3n) is 6.59. The van der Waals surface area contributed by atoms with Gasteiger partial charge < -0.3 is 19.7 Å². The molecule has 8 nitrogen and oxygen atoms in total. The lowest BCUT2D eigenvalue weighted by Crippen LogP contribution is -2.50. The Hall–Kier alpha value is -1.68. The second-order valence-corrected chi connectivity index (χ2v) is 14.8. The topological polar surface area (TPSA) is 109 Å². The van der Waals surface area contributed by atoms with Gasteiger partial charge in [-0.25, -0.2) is 13.4 Å². The number of hydrogen-bond acceptors (Lipinski definition) is 7. The standard InChI is InChI=1S/C28H48N2O6S/c1-18(2)22(15-31)29-37(34,21-13-11-19(3)12-14-21)17-24-20(4)25(32)23(16-35-27(5,6)7)30(24)26(33)36-28(8,9)10/h11-14,18,20,22-25,31-32H,15-17H2,1-10H3/t20-,22-,23+,24-,25-,37?/m1/s1. The zero-order chi connectivity index (χ0) is 28.3. The summed E-state index contributed by atoms with van der Waals surface area (Å²) >= 11 is 0. The number of hydrogen-bond donors (Lipinski definition) is 2. The minimum Gasteiger partial charge on any atom is -0.444 e. The first-order valence-electron chi connectivity index (χ1n) is 13.1. The molecule has 1 aromatic rings. The van der Waals surface area contributed by atoms with Gasteiger partial charge in [-0.2, -0.15) is 0 Å². The lowest BCUT2D eigenvalue weighted by Gasteiger charge is -2.35. The van der Waals surface area contributed by atoms with Crippen LogP contribution in [0.4, 0.5) is 4.79 Å². The molecule has 1 heterocycles. The second-order valence-electron chi connectivity index (χ2n) is 12.5. The van der Waals surface area contributed by atoms with E-state index < -0.39 is 57.2 Å². The van der Waals surface area contributed by atoms with Crippen LogP contribution in [0.3, 0.4) is 0 Å². The van der Waals surface area contributed by atoms with E-state index in [1.165, 1.54) is 4.90 Å². The molecule has 1 saturated heterocycles. The molecule has 2 rings (SSSR count). The van der Waals surface area contributed by atoms with Gasteiger partial charge >= 0.3 is 6.09 Å². The highest BCUT2D eigenvalue weighted by Gasteiger charge is 2.51. The van der Waals surface area contributed by atoms with Gasteiger partial charge in [-0.05, 0) is 66.5 Å². The van der Waals surface area contributed by atoms with E-state index in [2.05, 4.69) is 0 Å². The van der Waals surface area contributed by atoms with E-state index in [9.17, 15) is 19.2 Å². The average molecular weight is 541 g/mol. The zero-order valence-electron chi connectivity index (χ0n) is 24.2. The highest BCUT2D eigenvalue weighted by molar-refractivity contribution is 7.93. The van der Waals surface area contributed by atoms with Crippen molar-refractivity contribution in [2.24, 2.45) is 16.2 Å². The van der Waals surface area contributed by atoms with Crippen molar-refractivity contribution in [2.45, 2.75) is 110 Å². The Bertz CT molecular complexity index is 1020. The van der Waals surface area contributed by atoms with Gasteiger partial charge in [0.05, 0.1) is 58.5 Å². The Morgan fingerprint density at radius 3 is 2.11 bits per heavy atom. The van der Waals surface area contributed by atoms with Gasteiger partial charge in [0.1, 0.15) is 5.60 Å². The number of aliphatic hydroxyl groups excluding tert-OH is 2. The summed E-state index contributed by atoms with van der Waals surface area (Å²) in [5.74, 6) is -0.435. The normalized spacial score (nSPS) is 25.2. The minimum atomic E-state index is -3.09. The van der Waals surface area contributed by atoms with E-state index in [0.717, 1.165) is 5.56 Å². The van der Waals surface area contributed by atoms with Crippen LogP contribution in [0.5, 0.6) is 0 Å². The van der Waals surface area contributed by atoms with E-state index in [1.807, 2.05) is 60.6 Å². The van der Waals surface area contributed by atoms with Crippen molar-refractivity contribution in [3.05, 3.63) is 29.8 Å². The van der Waals surface area contributed by atoms with Crippen LogP contribution in [0, 0.1) is 18.8 Å².